The summed E-state index contributed by atoms with van der Waals surface area (Å²) < 4.78 is 32.2. The van der Waals surface area contributed by atoms with E-state index < -0.39 is 10.0 Å². The van der Waals surface area contributed by atoms with Gasteiger partial charge in [-0.15, -0.1) is 0 Å². The predicted molar refractivity (Wildman–Crippen MR) is 82.3 cm³/mol. The van der Waals surface area contributed by atoms with Gasteiger partial charge in [0.05, 0.1) is 11.9 Å². The molecule has 0 aromatic carbocycles. The summed E-state index contributed by atoms with van der Waals surface area (Å²) in [6.07, 6.45) is 2.48. The predicted octanol–water partition coefficient (Wildman–Crippen LogP) is 1.50. The molecule has 1 aliphatic rings. The van der Waals surface area contributed by atoms with E-state index in [1.807, 2.05) is 13.8 Å². The summed E-state index contributed by atoms with van der Waals surface area (Å²) in [6.45, 7) is 9.13. The highest BCUT2D eigenvalue weighted by molar-refractivity contribution is 7.89. The Kier molecular flexibility index (Phi) is 6.44. The van der Waals surface area contributed by atoms with Crippen molar-refractivity contribution in [1.29, 1.82) is 0 Å². The van der Waals surface area contributed by atoms with Crippen molar-refractivity contribution in [3.8, 4) is 0 Å². The molecular weight excluding hydrogens is 276 g/mol. The third kappa shape index (κ3) is 4.98. The normalized spacial score (nSPS) is 25.7. The summed E-state index contributed by atoms with van der Waals surface area (Å²) in [5.74, 6) is 0.205. The van der Waals surface area contributed by atoms with Crippen molar-refractivity contribution in [2.24, 2.45) is 5.41 Å². The second-order valence-corrected chi connectivity index (χ2v) is 8.46. The molecule has 0 amide bonds. The van der Waals surface area contributed by atoms with Crippen molar-refractivity contribution < 1.29 is 13.2 Å². The van der Waals surface area contributed by atoms with Crippen molar-refractivity contribution in [2.45, 2.75) is 65.1 Å². The molecule has 0 saturated heterocycles. The van der Waals surface area contributed by atoms with E-state index in [0.717, 1.165) is 19.4 Å². The summed E-state index contributed by atoms with van der Waals surface area (Å²) >= 11 is 0. The minimum absolute atomic E-state index is 0.00811. The van der Waals surface area contributed by atoms with E-state index in [2.05, 4.69) is 23.9 Å². The van der Waals surface area contributed by atoms with Crippen molar-refractivity contribution in [3.63, 3.8) is 0 Å². The van der Waals surface area contributed by atoms with Gasteiger partial charge in [-0.1, -0.05) is 27.7 Å². The number of unbranched alkanes of at least 4 members (excludes halogenated alkanes) is 1. The summed E-state index contributed by atoms with van der Waals surface area (Å²) in [5, 5.41) is 3.29. The standard InChI is InChI=1S/C14H30N2O3S/c1-11(2)15-8-6-7-9-20(17,18)16-12-10-13(19-5)14(12,3)4/h11-13,15-16H,6-10H2,1-5H3. The molecule has 6 heteroatoms. The van der Waals surface area contributed by atoms with Gasteiger partial charge in [-0.2, -0.15) is 0 Å². The highest BCUT2D eigenvalue weighted by Crippen LogP contribution is 2.42. The molecule has 0 aliphatic heterocycles. The van der Waals surface area contributed by atoms with E-state index in [4.69, 9.17) is 4.74 Å². The first-order valence-electron chi connectivity index (χ1n) is 7.45. The van der Waals surface area contributed by atoms with Crippen LogP contribution >= 0.6 is 0 Å². The number of hydrogen-bond acceptors (Lipinski definition) is 4. The van der Waals surface area contributed by atoms with Gasteiger partial charge in [-0.05, 0) is 25.8 Å². The first kappa shape index (κ1) is 17.9. The summed E-state index contributed by atoms with van der Waals surface area (Å²) in [7, 11) is -1.50. The van der Waals surface area contributed by atoms with Gasteiger partial charge < -0.3 is 10.1 Å². The molecule has 2 atom stereocenters. The highest BCUT2D eigenvalue weighted by atomic mass is 32.2. The first-order chi connectivity index (χ1) is 9.19. The van der Waals surface area contributed by atoms with Crippen molar-refractivity contribution in [2.75, 3.05) is 19.4 Å². The lowest BCUT2D eigenvalue weighted by Crippen LogP contribution is -2.61. The minimum atomic E-state index is -3.18. The zero-order valence-electron chi connectivity index (χ0n) is 13.4. The molecule has 0 radical (unpaired) electrons. The maximum atomic E-state index is 12.0. The minimum Gasteiger partial charge on any atom is -0.381 e. The van der Waals surface area contributed by atoms with Crippen LogP contribution in [-0.2, 0) is 14.8 Å². The van der Waals surface area contributed by atoms with Crippen LogP contribution in [0.2, 0.25) is 0 Å². The SMILES string of the molecule is COC1CC(NS(=O)(=O)CCCCNC(C)C)C1(C)C. The summed E-state index contributed by atoms with van der Waals surface area (Å²) in [4.78, 5) is 0. The largest absolute Gasteiger partial charge is 0.381 e. The van der Waals surface area contributed by atoms with Crippen molar-refractivity contribution >= 4 is 10.0 Å². The Morgan fingerprint density at radius 1 is 1.30 bits per heavy atom. The molecule has 120 valence electrons. The van der Waals surface area contributed by atoms with E-state index in [1.165, 1.54) is 0 Å². The Balaban J connectivity index is 2.29. The average Bonchev–Trinajstić information content (AvgIpc) is 2.33. The van der Waals surface area contributed by atoms with Crippen LogP contribution in [0, 0.1) is 5.41 Å². The quantitative estimate of drug-likeness (QED) is 0.634. The molecule has 20 heavy (non-hydrogen) atoms. The number of hydrogen-bond donors (Lipinski definition) is 2. The maximum absolute atomic E-state index is 12.0. The summed E-state index contributed by atoms with van der Waals surface area (Å²) in [5.41, 5.74) is -0.124. The molecule has 2 unspecified atom stereocenters. The Morgan fingerprint density at radius 3 is 2.45 bits per heavy atom. The van der Waals surface area contributed by atoms with Crippen LogP contribution in [-0.4, -0.2) is 46.0 Å². The molecule has 0 aromatic heterocycles. The van der Waals surface area contributed by atoms with Crippen molar-refractivity contribution in [1.82, 2.24) is 10.0 Å². The fourth-order valence-corrected chi connectivity index (χ4v) is 4.10. The molecule has 1 aliphatic carbocycles. The topological polar surface area (TPSA) is 67.4 Å². The fourth-order valence-electron chi connectivity index (χ4n) is 2.57. The van der Waals surface area contributed by atoms with Crippen LogP contribution in [0.3, 0.4) is 0 Å². The molecule has 0 spiro atoms. The molecule has 0 bridgehead atoms. The van der Waals surface area contributed by atoms with Crippen LogP contribution < -0.4 is 10.0 Å². The second kappa shape index (κ2) is 7.20. The third-order valence-corrected chi connectivity index (χ3v) is 5.65. The maximum Gasteiger partial charge on any atom is 0.211 e. The number of rotatable bonds is 9. The van der Waals surface area contributed by atoms with Gasteiger partial charge in [0.25, 0.3) is 0 Å². The zero-order chi connectivity index (χ0) is 15.4. The number of ether oxygens (including phenoxy) is 1. The molecule has 1 rings (SSSR count). The van der Waals surface area contributed by atoms with Gasteiger partial charge in [0.2, 0.25) is 10.0 Å². The lowest BCUT2D eigenvalue weighted by molar-refractivity contribution is -0.0908. The highest BCUT2D eigenvalue weighted by Gasteiger charge is 2.49. The molecule has 1 fully saturated rings. The zero-order valence-corrected chi connectivity index (χ0v) is 14.2. The van der Waals surface area contributed by atoms with Gasteiger partial charge in [0, 0.05) is 24.6 Å². The van der Waals surface area contributed by atoms with Gasteiger partial charge in [0.1, 0.15) is 0 Å². The lowest BCUT2D eigenvalue weighted by atomic mass is 9.65. The number of methoxy groups -OCH3 is 1. The Hall–Kier alpha value is -0.170. The van der Waals surface area contributed by atoms with Crippen LogP contribution in [0.15, 0.2) is 0 Å². The van der Waals surface area contributed by atoms with E-state index >= 15 is 0 Å². The Bertz CT molecular complexity index is 393. The molecule has 5 nitrogen and oxygen atoms in total. The van der Waals surface area contributed by atoms with E-state index in [-0.39, 0.29) is 23.3 Å². The van der Waals surface area contributed by atoms with E-state index in [0.29, 0.717) is 12.5 Å². The molecule has 2 N–H and O–H groups in total. The first-order valence-corrected chi connectivity index (χ1v) is 9.10. The van der Waals surface area contributed by atoms with E-state index in [9.17, 15) is 8.42 Å². The Morgan fingerprint density at radius 2 is 1.95 bits per heavy atom. The number of nitrogens with one attached hydrogen (secondary N) is 2. The van der Waals surface area contributed by atoms with Gasteiger partial charge in [-0.25, -0.2) is 13.1 Å². The van der Waals surface area contributed by atoms with Gasteiger partial charge >= 0.3 is 0 Å². The second-order valence-electron chi connectivity index (χ2n) is 6.59. The molecule has 0 aromatic rings. The van der Waals surface area contributed by atoms with Crippen LogP contribution in [0.5, 0.6) is 0 Å². The third-order valence-electron chi connectivity index (χ3n) is 4.18. The molecule has 0 heterocycles. The molecular formula is C14H30N2O3S. The monoisotopic (exact) mass is 306 g/mol. The lowest BCUT2D eigenvalue weighted by Gasteiger charge is -2.51. The average molecular weight is 306 g/mol. The van der Waals surface area contributed by atoms with Gasteiger partial charge in [0.15, 0.2) is 0 Å². The van der Waals surface area contributed by atoms with Crippen LogP contribution in [0.1, 0.15) is 47.0 Å². The van der Waals surface area contributed by atoms with Gasteiger partial charge in [-0.3, -0.25) is 0 Å². The van der Waals surface area contributed by atoms with Crippen LogP contribution in [0.4, 0.5) is 0 Å². The molecule has 1 saturated carbocycles. The number of sulfonamides is 1. The van der Waals surface area contributed by atoms with Crippen molar-refractivity contribution in [3.05, 3.63) is 0 Å². The summed E-state index contributed by atoms with van der Waals surface area (Å²) in [6, 6.07) is 0.442. The smallest absolute Gasteiger partial charge is 0.211 e. The Labute approximate surface area is 123 Å². The van der Waals surface area contributed by atoms with E-state index in [1.54, 1.807) is 7.11 Å². The van der Waals surface area contributed by atoms with Crippen LogP contribution in [0.25, 0.3) is 0 Å². The fraction of sp³-hybridized carbons (Fsp3) is 1.00.